The summed E-state index contributed by atoms with van der Waals surface area (Å²) in [6.45, 7) is 2.42. The molecule has 25 heavy (non-hydrogen) atoms. The second kappa shape index (κ2) is 7.72. The van der Waals surface area contributed by atoms with Crippen molar-refractivity contribution in [2.75, 3.05) is 6.61 Å². The quantitative estimate of drug-likeness (QED) is 0.665. The molecule has 0 atom stereocenters. The number of carbonyl (C=O) groups is 2. The van der Waals surface area contributed by atoms with E-state index in [0.29, 0.717) is 17.3 Å². The van der Waals surface area contributed by atoms with Gasteiger partial charge in [-0.1, -0.05) is 29.8 Å². The van der Waals surface area contributed by atoms with E-state index in [-0.39, 0.29) is 19.1 Å². The van der Waals surface area contributed by atoms with Gasteiger partial charge in [-0.2, -0.15) is 0 Å². The van der Waals surface area contributed by atoms with Gasteiger partial charge in [-0.3, -0.25) is 4.79 Å². The predicted molar refractivity (Wildman–Crippen MR) is 99.1 cm³/mol. The summed E-state index contributed by atoms with van der Waals surface area (Å²) in [7, 11) is 0. The van der Waals surface area contributed by atoms with Gasteiger partial charge in [-0.25, -0.2) is 4.79 Å². The molecule has 130 valence electrons. The number of ether oxygens (including phenoxy) is 1. The number of esters is 1. The van der Waals surface area contributed by atoms with Crippen LogP contribution in [0.2, 0.25) is 5.02 Å². The summed E-state index contributed by atoms with van der Waals surface area (Å²) in [6, 6.07) is 11.0. The first-order valence-corrected chi connectivity index (χ1v) is 9.10. The summed E-state index contributed by atoms with van der Waals surface area (Å²) in [6.07, 6.45) is 0. The third kappa shape index (κ3) is 3.86. The van der Waals surface area contributed by atoms with Crippen molar-refractivity contribution in [3.8, 4) is 0 Å². The normalized spacial score (nSPS) is 10.8. The van der Waals surface area contributed by atoms with E-state index < -0.39 is 5.97 Å². The Bertz CT molecular complexity index is 916. The van der Waals surface area contributed by atoms with Crippen LogP contribution in [0.5, 0.6) is 0 Å². The summed E-state index contributed by atoms with van der Waals surface area (Å²) in [5.74, 6) is -0.624. The molecule has 0 radical (unpaired) electrons. The van der Waals surface area contributed by atoms with Crippen molar-refractivity contribution in [2.45, 2.75) is 20.0 Å². The van der Waals surface area contributed by atoms with Gasteiger partial charge in [-0.05, 0) is 36.1 Å². The average Bonchev–Trinajstić information content (AvgIpc) is 3.17. The molecular formula is C18H17ClN2O3S. The first-order valence-electron chi connectivity index (χ1n) is 7.84. The molecule has 2 heterocycles. The molecule has 7 heteroatoms. The van der Waals surface area contributed by atoms with E-state index in [0.717, 1.165) is 15.8 Å². The highest BCUT2D eigenvalue weighted by atomic mass is 35.5. The molecule has 0 saturated heterocycles. The molecule has 3 rings (SSSR count). The second-order valence-corrected chi connectivity index (χ2v) is 6.69. The summed E-state index contributed by atoms with van der Waals surface area (Å²) in [4.78, 5) is 25.4. The van der Waals surface area contributed by atoms with Gasteiger partial charge >= 0.3 is 5.97 Å². The van der Waals surface area contributed by atoms with Crippen molar-refractivity contribution in [3.05, 3.63) is 58.1 Å². The molecule has 0 saturated carbocycles. The zero-order chi connectivity index (χ0) is 17.8. The molecule has 1 N–H and O–H groups in total. The van der Waals surface area contributed by atoms with E-state index in [1.807, 2.05) is 29.6 Å². The highest BCUT2D eigenvalue weighted by Crippen LogP contribution is 2.26. The van der Waals surface area contributed by atoms with Crippen LogP contribution in [0.1, 0.15) is 23.0 Å². The molecule has 0 unspecified atom stereocenters. The van der Waals surface area contributed by atoms with Gasteiger partial charge in [0.15, 0.2) is 0 Å². The van der Waals surface area contributed by atoms with Crippen LogP contribution in [0.3, 0.4) is 0 Å². The average molecular weight is 377 g/mol. The number of benzene rings is 1. The van der Waals surface area contributed by atoms with Crippen LogP contribution in [-0.4, -0.2) is 23.1 Å². The molecule has 2 aromatic heterocycles. The Morgan fingerprint density at radius 3 is 2.84 bits per heavy atom. The maximum Gasteiger partial charge on any atom is 0.355 e. The third-order valence-electron chi connectivity index (χ3n) is 3.72. The molecule has 1 aromatic carbocycles. The second-order valence-electron chi connectivity index (χ2n) is 5.39. The Hall–Kier alpha value is -2.31. The summed E-state index contributed by atoms with van der Waals surface area (Å²) in [5, 5.41) is 6.30. The van der Waals surface area contributed by atoms with Gasteiger partial charge in [0.1, 0.15) is 17.1 Å². The first-order chi connectivity index (χ1) is 12.1. The molecule has 3 aromatic rings. The molecule has 5 nitrogen and oxygen atoms in total. The van der Waals surface area contributed by atoms with Gasteiger partial charge < -0.3 is 14.6 Å². The smallest absolute Gasteiger partial charge is 0.355 e. The standard InChI is InChI=1S/C18H17ClN2O3S/c1-2-24-18(23)15-9-12-7-8-25-17(12)21(15)11-16(22)20-10-13-5-3-4-6-14(13)19/h3-9H,2,10-11H2,1H3,(H,20,22). The van der Waals surface area contributed by atoms with Crippen molar-refractivity contribution >= 4 is 45.0 Å². The molecule has 0 fully saturated rings. The fourth-order valence-corrected chi connectivity index (χ4v) is 3.64. The van der Waals surface area contributed by atoms with Crippen molar-refractivity contribution in [3.63, 3.8) is 0 Å². The Labute approximate surface area is 154 Å². The van der Waals surface area contributed by atoms with E-state index in [2.05, 4.69) is 5.32 Å². The third-order valence-corrected chi connectivity index (χ3v) is 5.04. The van der Waals surface area contributed by atoms with Crippen LogP contribution in [0, 0.1) is 0 Å². The van der Waals surface area contributed by atoms with Gasteiger partial charge in [0, 0.05) is 17.0 Å². The van der Waals surface area contributed by atoms with Crippen molar-refractivity contribution in [2.24, 2.45) is 0 Å². The Kier molecular flexibility index (Phi) is 5.40. The lowest BCUT2D eigenvalue weighted by Crippen LogP contribution is -2.28. The van der Waals surface area contributed by atoms with E-state index in [1.54, 1.807) is 23.6 Å². The van der Waals surface area contributed by atoms with Gasteiger partial charge in [-0.15, -0.1) is 11.3 Å². The lowest BCUT2D eigenvalue weighted by atomic mass is 10.2. The Morgan fingerprint density at radius 2 is 2.08 bits per heavy atom. The fourth-order valence-electron chi connectivity index (χ4n) is 2.54. The van der Waals surface area contributed by atoms with Crippen molar-refractivity contribution < 1.29 is 14.3 Å². The van der Waals surface area contributed by atoms with Crippen LogP contribution in [0.4, 0.5) is 0 Å². The number of rotatable bonds is 6. The van der Waals surface area contributed by atoms with Gasteiger partial charge in [0.05, 0.1) is 6.61 Å². The highest BCUT2D eigenvalue weighted by molar-refractivity contribution is 7.16. The molecule has 0 aliphatic heterocycles. The van der Waals surface area contributed by atoms with Crippen LogP contribution in [0.25, 0.3) is 10.2 Å². The zero-order valence-corrected chi connectivity index (χ0v) is 15.2. The molecule has 0 spiro atoms. The molecule has 0 aliphatic rings. The SMILES string of the molecule is CCOC(=O)c1cc2ccsc2n1CC(=O)NCc1ccccc1Cl. The van der Waals surface area contributed by atoms with Gasteiger partial charge in [0.25, 0.3) is 0 Å². The number of hydrogen-bond donors (Lipinski definition) is 1. The number of amides is 1. The Morgan fingerprint density at radius 1 is 1.28 bits per heavy atom. The minimum atomic E-state index is -0.426. The number of nitrogens with one attached hydrogen (secondary N) is 1. The zero-order valence-electron chi connectivity index (χ0n) is 13.6. The first kappa shape index (κ1) is 17.5. The highest BCUT2D eigenvalue weighted by Gasteiger charge is 2.19. The maximum absolute atomic E-state index is 12.4. The minimum Gasteiger partial charge on any atom is -0.461 e. The maximum atomic E-state index is 12.4. The molecule has 0 bridgehead atoms. The molecule has 0 aliphatic carbocycles. The minimum absolute atomic E-state index is 0.0443. The number of aromatic nitrogens is 1. The van der Waals surface area contributed by atoms with Crippen LogP contribution >= 0.6 is 22.9 Å². The van der Waals surface area contributed by atoms with Crippen LogP contribution in [-0.2, 0) is 22.6 Å². The number of halogens is 1. The topological polar surface area (TPSA) is 60.3 Å². The summed E-state index contributed by atoms with van der Waals surface area (Å²) in [5.41, 5.74) is 1.23. The van der Waals surface area contributed by atoms with Crippen molar-refractivity contribution in [1.82, 2.24) is 9.88 Å². The van der Waals surface area contributed by atoms with E-state index in [1.165, 1.54) is 11.3 Å². The number of carbonyl (C=O) groups excluding carboxylic acids is 2. The molecular weight excluding hydrogens is 360 g/mol. The fraction of sp³-hybridized carbons (Fsp3) is 0.222. The van der Waals surface area contributed by atoms with Crippen LogP contribution < -0.4 is 5.32 Å². The van der Waals surface area contributed by atoms with E-state index in [4.69, 9.17) is 16.3 Å². The van der Waals surface area contributed by atoms with Crippen molar-refractivity contribution in [1.29, 1.82) is 0 Å². The van der Waals surface area contributed by atoms with Gasteiger partial charge in [0.2, 0.25) is 5.91 Å². The van der Waals surface area contributed by atoms with Crippen LogP contribution in [0.15, 0.2) is 41.8 Å². The number of nitrogens with zero attached hydrogens (tertiary/aromatic N) is 1. The summed E-state index contributed by atoms with van der Waals surface area (Å²) < 4.78 is 6.78. The van der Waals surface area contributed by atoms with E-state index in [9.17, 15) is 9.59 Å². The monoisotopic (exact) mass is 376 g/mol. The Balaban J connectivity index is 1.76. The lowest BCUT2D eigenvalue weighted by Gasteiger charge is -2.10. The number of hydrogen-bond acceptors (Lipinski definition) is 4. The summed E-state index contributed by atoms with van der Waals surface area (Å²) >= 11 is 7.58. The predicted octanol–water partition coefficient (Wildman–Crippen LogP) is 3.85. The van der Waals surface area contributed by atoms with E-state index >= 15 is 0 Å². The number of thiophene rings is 1. The lowest BCUT2D eigenvalue weighted by molar-refractivity contribution is -0.121. The number of fused-ring (bicyclic) bond motifs is 1. The molecule has 1 amide bonds. The largest absolute Gasteiger partial charge is 0.461 e.